The Hall–Kier alpha value is -6.52. The molecule has 0 N–H and O–H groups in total. The Labute approximate surface area is 348 Å². The summed E-state index contributed by atoms with van der Waals surface area (Å²) in [5, 5.41) is 5.12. The highest BCUT2D eigenvalue weighted by Gasteiger charge is 2.43. The molecule has 1 aromatic heterocycles. The van der Waals surface area contributed by atoms with E-state index in [1.807, 2.05) is 0 Å². The fraction of sp³-hybridized carbons (Fsp3) is 0.164. The van der Waals surface area contributed by atoms with Gasteiger partial charge < -0.3 is 14.4 Å². The monoisotopic (exact) mass is 761 g/mol. The largest absolute Gasteiger partial charge is 0.311 e. The van der Waals surface area contributed by atoms with Crippen LogP contribution in [0.4, 0.5) is 34.1 Å². The van der Waals surface area contributed by atoms with Crippen molar-refractivity contribution in [1.82, 2.24) is 4.57 Å². The van der Waals surface area contributed by atoms with Gasteiger partial charge in [0.2, 0.25) is 0 Å². The summed E-state index contributed by atoms with van der Waals surface area (Å²) in [6, 6.07) is 62.3. The number of rotatable bonds is 6. The number of aromatic nitrogens is 1. The van der Waals surface area contributed by atoms with Gasteiger partial charge in [-0.1, -0.05) is 126 Å². The van der Waals surface area contributed by atoms with E-state index >= 15 is 0 Å². The SMILES string of the molecule is CC(C)c1ccc(N2c3cc(-n4c5ccc(C(C)C)cc5c5cc(C(C)C)ccc54)ccc3B3c4ccccc4N(c4ccc5ccccc5c4)c4cccc2c43)cc1. The molecule has 0 aliphatic carbocycles. The van der Waals surface area contributed by atoms with Crippen LogP contribution in [0.1, 0.15) is 76.0 Å². The number of nitrogens with zero attached hydrogens (tertiary/aromatic N) is 3. The Morgan fingerprint density at radius 2 is 0.898 bits per heavy atom. The molecule has 11 rings (SSSR count). The highest BCUT2D eigenvalue weighted by Crippen LogP contribution is 2.45. The summed E-state index contributed by atoms with van der Waals surface area (Å²) in [6.07, 6.45) is 0. The van der Waals surface area contributed by atoms with Crippen LogP contribution in [0.5, 0.6) is 0 Å². The molecule has 0 bridgehead atoms. The second-order valence-electron chi connectivity index (χ2n) is 17.6. The van der Waals surface area contributed by atoms with Crippen LogP contribution < -0.4 is 26.2 Å². The van der Waals surface area contributed by atoms with Crippen molar-refractivity contribution in [2.45, 2.75) is 59.3 Å². The molecule has 286 valence electrons. The lowest BCUT2D eigenvalue weighted by molar-refractivity contribution is 0.866. The summed E-state index contributed by atoms with van der Waals surface area (Å²) in [4.78, 5) is 5.03. The molecule has 0 amide bonds. The average Bonchev–Trinajstić information content (AvgIpc) is 3.59. The van der Waals surface area contributed by atoms with E-state index < -0.39 is 0 Å². The molecule has 0 saturated carbocycles. The van der Waals surface area contributed by atoms with Crippen LogP contribution in [0.15, 0.2) is 164 Å². The highest BCUT2D eigenvalue weighted by molar-refractivity contribution is 7.00. The molecule has 9 aromatic rings. The Bertz CT molecular complexity index is 3050. The smallest absolute Gasteiger partial charge is 0.252 e. The molecule has 2 aliphatic rings. The lowest BCUT2D eigenvalue weighted by atomic mass is 9.33. The van der Waals surface area contributed by atoms with E-state index in [2.05, 4.69) is 220 Å². The zero-order valence-electron chi connectivity index (χ0n) is 34.7. The van der Waals surface area contributed by atoms with Crippen molar-refractivity contribution in [2.24, 2.45) is 0 Å². The van der Waals surface area contributed by atoms with Crippen LogP contribution in [0.25, 0.3) is 38.3 Å². The van der Waals surface area contributed by atoms with Crippen molar-refractivity contribution in [2.75, 3.05) is 9.80 Å². The fourth-order valence-corrected chi connectivity index (χ4v) is 9.94. The van der Waals surface area contributed by atoms with Crippen molar-refractivity contribution < 1.29 is 0 Å². The van der Waals surface area contributed by atoms with Gasteiger partial charge in [-0.05, 0) is 140 Å². The second kappa shape index (κ2) is 13.5. The molecule has 0 saturated heterocycles. The predicted octanol–water partition coefficient (Wildman–Crippen LogP) is 13.4. The quantitative estimate of drug-likeness (QED) is 0.156. The van der Waals surface area contributed by atoms with Crippen molar-refractivity contribution in [3.63, 3.8) is 0 Å². The predicted molar refractivity (Wildman–Crippen MR) is 255 cm³/mol. The van der Waals surface area contributed by atoms with Gasteiger partial charge in [-0.25, -0.2) is 0 Å². The molecule has 4 heteroatoms. The summed E-state index contributed by atoms with van der Waals surface area (Å²) < 4.78 is 2.50. The molecule has 0 unspecified atom stereocenters. The first-order valence-corrected chi connectivity index (χ1v) is 21.4. The van der Waals surface area contributed by atoms with Gasteiger partial charge in [0.25, 0.3) is 6.71 Å². The lowest BCUT2D eigenvalue weighted by Crippen LogP contribution is -2.61. The first-order valence-electron chi connectivity index (χ1n) is 21.4. The molecule has 0 radical (unpaired) electrons. The maximum Gasteiger partial charge on any atom is 0.252 e. The zero-order chi connectivity index (χ0) is 40.1. The van der Waals surface area contributed by atoms with E-state index in [0.717, 1.165) is 0 Å². The minimum absolute atomic E-state index is 0.0599. The third-order valence-electron chi connectivity index (χ3n) is 13.1. The molecular weight excluding hydrogens is 713 g/mol. The number of anilines is 6. The lowest BCUT2D eigenvalue weighted by Gasteiger charge is -2.44. The van der Waals surface area contributed by atoms with Crippen molar-refractivity contribution in [3.05, 3.63) is 180 Å². The number of benzene rings is 8. The van der Waals surface area contributed by atoms with E-state index in [1.165, 1.54) is 105 Å². The van der Waals surface area contributed by atoms with Gasteiger partial charge in [0.05, 0.1) is 11.0 Å². The maximum atomic E-state index is 2.53. The Balaban J connectivity index is 1.17. The topological polar surface area (TPSA) is 11.4 Å². The van der Waals surface area contributed by atoms with E-state index in [4.69, 9.17) is 0 Å². The summed E-state index contributed by atoms with van der Waals surface area (Å²) >= 11 is 0. The van der Waals surface area contributed by atoms with Crippen LogP contribution in [-0.2, 0) is 0 Å². The Morgan fingerprint density at radius 1 is 0.373 bits per heavy atom. The summed E-state index contributed by atoms with van der Waals surface area (Å²) in [7, 11) is 0. The van der Waals surface area contributed by atoms with E-state index in [9.17, 15) is 0 Å². The Kier molecular flexibility index (Phi) is 8.17. The number of hydrogen-bond acceptors (Lipinski definition) is 2. The summed E-state index contributed by atoms with van der Waals surface area (Å²) in [5.41, 5.74) is 18.9. The van der Waals surface area contributed by atoms with Crippen LogP contribution in [0.3, 0.4) is 0 Å². The average molecular weight is 762 g/mol. The molecular formula is C55H48BN3. The van der Waals surface area contributed by atoms with Gasteiger partial charge >= 0.3 is 0 Å². The molecule has 0 atom stereocenters. The third-order valence-corrected chi connectivity index (χ3v) is 13.1. The van der Waals surface area contributed by atoms with Gasteiger partial charge in [0.15, 0.2) is 0 Å². The molecule has 0 fully saturated rings. The van der Waals surface area contributed by atoms with Gasteiger partial charge in [-0.3, -0.25) is 0 Å². The van der Waals surface area contributed by atoms with Crippen LogP contribution in [0.2, 0.25) is 0 Å². The molecule has 3 heterocycles. The standard InChI is InChI=1S/C55H48BN3/c1-34(2)37-18-23-42(24-19-37)57-52-16-11-17-53-55(52)56(47-14-9-10-15-51(47)59(53)43-25-20-38-12-7-8-13-41(38)30-43)48-27-26-44(33-54(48)57)58-49-28-21-39(35(3)4)31-45(49)46-32-40(36(5)6)22-29-50(46)58/h7-36H,1-6H3. The van der Waals surface area contributed by atoms with Gasteiger partial charge in [-0.2, -0.15) is 0 Å². The molecule has 8 aromatic carbocycles. The van der Waals surface area contributed by atoms with Gasteiger partial charge in [0, 0.05) is 50.6 Å². The minimum Gasteiger partial charge on any atom is -0.311 e. The van der Waals surface area contributed by atoms with E-state index in [0.29, 0.717) is 17.8 Å². The first kappa shape index (κ1) is 35.6. The van der Waals surface area contributed by atoms with Gasteiger partial charge in [0.1, 0.15) is 0 Å². The van der Waals surface area contributed by atoms with E-state index in [1.54, 1.807) is 0 Å². The summed E-state index contributed by atoms with van der Waals surface area (Å²) in [6.45, 7) is 13.8. The van der Waals surface area contributed by atoms with Crippen molar-refractivity contribution in [3.8, 4) is 5.69 Å². The number of para-hydroxylation sites is 1. The summed E-state index contributed by atoms with van der Waals surface area (Å²) in [5.74, 6) is 1.35. The normalized spacial score (nSPS) is 13.3. The molecule has 59 heavy (non-hydrogen) atoms. The molecule has 3 nitrogen and oxygen atoms in total. The number of hydrogen-bond donors (Lipinski definition) is 0. The molecule has 0 spiro atoms. The zero-order valence-corrected chi connectivity index (χ0v) is 34.7. The van der Waals surface area contributed by atoms with Crippen molar-refractivity contribution in [1.29, 1.82) is 0 Å². The second-order valence-corrected chi connectivity index (χ2v) is 17.6. The van der Waals surface area contributed by atoms with Gasteiger partial charge in [-0.15, -0.1) is 0 Å². The molecule has 2 aliphatic heterocycles. The first-order chi connectivity index (χ1) is 28.7. The minimum atomic E-state index is 0.0599. The Morgan fingerprint density at radius 3 is 1.56 bits per heavy atom. The maximum absolute atomic E-state index is 2.53. The highest BCUT2D eigenvalue weighted by atomic mass is 15.2. The van der Waals surface area contributed by atoms with Crippen LogP contribution >= 0.6 is 0 Å². The third kappa shape index (κ3) is 5.49. The van der Waals surface area contributed by atoms with Crippen molar-refractivity contribution >= 4 is 89.8 Å². The fourth-order valence-electron chi connectivity index (χ4n) is 9.94. The van der Waals surface area contributed by atoms with E-state index in [-0.39, 0.29) is 6.71 Å². The number of fused-ring (bicyclic) bond motifs is 8. The van der Waals surface area contributed by atoms with Crippen LogP contribution in [-0.4, -0.2) is 11.3 Å². The van der Waals surface area contributed by atoms with Crippen LogP contribution in [0, 0.1) is 0 Å².